The smallest absolute Gasteiger partial charge is 0.338 e. The van der Waals surface area contributed by atoms with Gasteiger partial charge in [0.25, 0.3) is 0 Å². The van der Waals surface area contributed by atoms with Gasteiger partial charge >= 0.3 is 5.97 Å². The van der Waals surface area contributed by atoms with E-state index in [0.717, 1.165) is 16.7 Å². The van der Waals surface area contributed by atoms with E-state index in [0.29, 0.717) is 23.8 Å². The van der Waals surface area contributed by atoms with E-state index in [1.54, 1.807) is 49.8 Å². The summed E-state index contributed by atoms with van der Waals surface area (Å²) >= 11 is 0. The molecule has 5 heteroatoms. The van der Waals surface area contributed by atoms with Crippen LogP contribution in [0.2, 0.25) is 0 Å². The van der Waals surface area contributed by atoms with Crippen LogP contribution in [0.15, 0.2) is 61.1 Å². The number of pyridine rings is 2. The lowest BCUT2D eigenvalue weighted by Gasteiger charge is -2.11. The molecule has 2 aromatic heterocycles. The molecule has 0 radical (unpaired) electrons. The number of ether oxygens (including phenoxy) is 2. The minimum Gasteiger partial charge on any atom is -0.462 e. The maximum Gasteiger partial charge on any atom is 0.338 e. The number of hydrogen-bond acceptors (Lipinski definition) is 5. The van der Waals surface area contributed by atoms with Gasteiger partial charge in [-0.15, -0.1) is 0 Å². The number of aryl methyl sites for hydroxylation is 1. The normalized spacial score (nSPS) is 10.3. The van der Waals surface area contributed by atoms with Crippen LogP contribution in [0.3, 0.4) is 0 Å². The van der Waals surface area contributed by atoms with Crippen LogP contribution < -0.4 is 4.74 Å². The Morgan fingerprint density at radius 2 is 1.84 bits per heavy atom. The molecule has 0 aliphatic carbocycles. The van der Waals surface area contributed by atoms with Gasteiger partial charge < -0.3 is 9.47 Å². The zero-order valence-corrected chi connectivity index (χ0v) is 14.1. The topological polar surface area (TPSA) is 61.3 Å². The van der Waals surface area contributed by atoms with Gasteiger partial charge in [0.2, 0.25) is 5.88 Å². The molecule has 5 nitrogen and oxygen atoms in total. The summed E-state index contributed by atoms with van der Waals surface area (Å²) in [5.74, 6) is 0.732. The Labute approximate surface area is 146 Å². The van der Waals surface area contributed by atoms with Crippen LogP contribution in [0.1, 0.15) is 22.8 Å². The maximum atomic E-state index is 11.7. The summed E-state index contributed by atoms with van der Waals surface area (Å²) in [6, 6.07) is 12.5. The maximum absolute atomic E-state index is 11.7. The fourth-order valence-corrected chi connectivity index (χ4v) is 2.41. The first-order valence-corrected chi connectivity index (χ1v) is 8.00. The summed E-state index contributed by atoms with van der Waals surface area (Å²) in [6.07, 6.45) is 5.23. The monoisotopic (exact) mass is 334 g/mol. The van der Waals surface area contributed by atoms with E-state index in [2.05, 4.69) is 9.97 Å². The summed E-state index contributed by atoms with van der Waals surface area (Å²) in [7, 11) is 0. The lowest BCUT2D eigenvalue weighted by Crippen LogP contribution is -2.04. The molecule has 0 saturated heterocycles. The molecule has 126 valence electrons. The number of aromatic nitrogens is 2. The van der Waals surface area contributed by atoms with Crippen molar-refractivity contribution in [2.24, 2.45) is 0 Å². The van der Waals surface area contributed by atoms with Gasteiger partial charge in [0.05, 0.1) is 12.2 Å². The van der Waals surface area contributed by atoms with Crippen molar-refractivity contribution < 1.29 is 14.3 Å². The first kappa shape index (κ1) is 16.6. The predicted molar refractivity (Wildman–Crippen MR) is 94.7 cm³/mol. The van der Waals surface area contributed by atoms with E-state index in [-0.39, 0.29) is 5.97 Å². The van der Waals surface area contributed by atoms with Crippen molar-refractivity contribution in [3.63, 3.8) is 0 Å². The second-order valence-electron chi connectivity index (χ2n) is 5.39. The molecule has 0 N–H and O–H groups in total. The van der Waals surface area contributed by atoms with Crippen molar-refractivity contribution in [1.29, 1.82) is 0 Å². The van der Waals surface area contributed by atoms with Crippen LogP contribution >= 0.6 is 0 Å². The van der Waals surface area contributed by atoms with Gasteiger partial charge in [0.15, 0.2) is 0 Å². The third kappa shape index (κ3) is 3.83. The minimum atomic E-state index is -0.349. The number of nitrogens with zero attached hydrogens (tertiary/aromatic N) is 2. The van der Waals surface area contributed by atoms with Gasteiger partial charge in [-0.25, -0.2) is 9.78 Å². The Hall–Kier alpha value is -3.21. The summed E-state index contributed by atoms with van der Waals surface area (Å²) in [4.78, 5) is 20.2. The van der Waals surface area contributed by atoms with E-state index < -0.39 is 0 Å². The summed E-state index contributed by atoms with van der Waals surface area (Å²) in [6.45, 7) is 4.14. The molecular weight excluding hydrogens is 316 g/mol. The third-order valence-electron chi connectivity index (χ3n) is 3.68. The molecule has 0 amide bonds. The molecule has 3 aromatic rings. The second kappa shape index (κ2) is 7.57. The Morgan fingerprint density at radius 1 is 1.04 bits per heavy atom. The molecule has 25 heavy (non-hydrogen) atoms. The van der Waals surface area contributed by atoms with Gasteiger partial charge in [0, 0.05) is 29.7 Å². The van der Waals surface area contributed by atoms with Crippen LogP contribution in [-0.4, -0.2) is 22.5 Å². The van der Waals surface area contributed by atoms with Crippen molar-refractivity contribution in [2.45, 2.75) is 13.8 Å². The van der Waals surface area contributed by atoms with E-state index in [1.165, 1.54) is 0 Å². The van der Waals surface area contributed by atoms with Crippen molar-refractivity contribution in [1.82, 2.24) is 9.97 Å². The number of esters is 1. The van der Waals surface area contributed by atoms with Crippen molar-refractivity contribution in [3.05, 3.63) is 72.2 Å². The summed E-state index contributed by atoms with van der Waals surface area (Å²) in [5, 5.41) is 0. The number of carbonyl (C=O) groups is 1. The van der Waals surface area contributed by atoms with E-state index in [4.69, 9.17) is 9.47 Å². The van der Waals surface area contributed by atoms with Gasteiger partial charge in [0.1, 0.15) is 5.75 Å². The lowest BCUT2D eigenvalue weighted by atomic mass is 10.0. The Bertz CT molecular complexity index is 876. The van der Waals surface area contributed by atoms with Crippen molar-refractivity contribution >= 4 is 5.97 Å². The predicted octanol–water partition coefficient (Wildman–Crippen LogP) is 4.42. The quantitative estimate of drug-likeness (QED) is 0.646. The fourth-order valence-electron chi connectivity index (χ4n) is 2.41. The van der Waals surface area contributed by atoms with Crippen LogP contribution in [-0.2, 0) is 4.74 Å². The van der Waals surface area contributed by atoms with Gasteiger partial charge in [-0.1, -0.05) is 0 Å². The van der Waals surface area contributed by atoms with E-state index in [1.807, 2.05) is 25.1 Å². The molecule has 3 rings (SSSR count). The zero-order chi connectivity index (χ0) is 17.6. The molecule has 0 unspecified atom stereocenters. The van der Waals surface area contributed by atoms with Crippen LogP contribution in [0.4, 0.5) is 0 Å². The summed E-state index contributed by atoms with van der Waals surface area (Å²) < 4.78 is 10.9. The molecule has 1 aromatic carbocycles. The SMILES string of the molecule is CCOC(=O)c1ccc(Oc2ncccc2-c2cnccc2C)cc1. The number of benzene rings is 1. The highest BCUT2D eigenvalue weighted by molar-refractivity contribution is 5.89. The average molecular weight is 334 g/mol. The average Bonchev–Trinajstić information content (AvgIpc) is 2.64. The second-order valence-corrected chi connectivity index (χ2v) is 5.39. The molecule has 0 spiro atoms. The molecule has 0 atom stereocenters. The third-order valence-corrected chi connectivity index (χ3v) is 3.68. The number of rotatable bonds is 5. The Kier molecular flexibility index (Phi) is 5.04. The number of carbonyl (C=O) groups excluding carboxylic acids is 1. The Balaban J connectivity index is 1.87. The molecular formula is C20H18N2O3. The molecule has 0 aliphatic heterocycles. The van der Waals surface area contributed by atoms with E-state index in [9.17, 15) is 4.79 Å². The van der Waals surface area contributed by atoms with Gasteiger partial charge in [-0.05, 0) is 61.9 Å². The van der Waals surface area contributed by atoms with Gasteiger partial charge in [-0.2, -0.15) is 0 Å². The summed E-state index contributed by atoms with van der Waals surface area (Å²) in [5.41, 5.74) is 3.40. The van der Waals surface area contributed by atoms with Gasteiger partial charge in [-0.3, -0.25) is 4.98 Å². The fraction of sp³-hybridized carbons (Fsp3) is 0.150. The molecule has 0 fully saturated rings. The first-order chi connectivity index (χ1) is 12.2. The molecule has 0 aliphatic rings. The number of hydrogen-bond donors (Lipinski definition) is 0. The largest absolute Gasteiger partial charge is 0.462 e. The minimum absolute atomic E-state index is 0.346. The lowest BCUT2D eigenvalue weighted by molar-refractivity contribution is 0.0526. The standard InChI is InChI=1S/C20H18N2O3/c1-3-24-20(23)15-6-8-16(9-7-15)25-19-17(5-4-11-22-19)18-13-21-12-10-14(18)2/h4-13H,3H2,1-2H3. The van der Waals surface area contributed by atoms with Crippen molar-refractivity contribution in [2.75, 3.05) is 6.61 Å². The van der Waals surface area contributed by atoms with Crippen LogP contribution in [0.25, 0.3) is 11.1 Å². The zero-order valence-electron chi connectivity index (χ0n) is 14.1. The highest BCUT2D eigenvalue weighted by Crippen LogP contribution is 2.32. The molecule has 0 saturated carbocycles. The highest BCUT2D eigenvalue weighted by Gasteiger charge is 2.12. The Morgan fingerprint density at radius 3 is 2.56 bits per heavy atom. The first-order valence-electron chi connectivity index (χ1n) is 8.00. The van der Waals surface area contributed by atoms with Crippen LogP contribution in [0, 0.1) is 6.92 Å². The molecule has 2 heterocycles. The van der Waals surface area contributed by atoms with Crippen molar-refractivity contribution in [3.8, 4) is 22.8 Å². The van der Waals surface area contributed by atoms with E-state index >= 15 is 0 Å². The van der Waals surface area contributed by atoms with Crippen LogP contribution in [0.5, 0.6) is 11.6 Å². The molecule has 0 bridgehead atoms. The highest BCUT2D eigenvalue weighted by atomic mass is 16.5.